The Morgan fingerprint density at radius 3 is 2.60 bits per heavy atom. The molecule has 0 aliphatic rings. The second-order valence-corrected chi connectivity index (χ2v) is 3.78. The van der Waals surface area contributed by atoms with Gasteiger partial charge in [-0.25, -0.2) is 0 Å². The Kier molecular flexibility index (Phi) is 2.42. The van der Waals surface area contributed by atoms with Gasteiger partial charge in [-0.1, -0.05) is 23.8 Å². The highest BCUT2D eigenvalue weighted by atomic mass is 16.1. The van der Waals surface area contributed by atoms with Crippen molar-refractivity contribution in [1.29, 1.82) is 0 Å². The average Bonchev–Trinajstić information content (AvgIpc) is 2.66. The zero-order valence-corrected chi connectivity index (χ0v) is 8.87. The molecule has 2 nitrogen and oxygen atoms in total. The van der Waals surface area contributed by atoms with Gasteiger partial charge >= 0.3 is 0 Å². The largest absolute Gasteiger partial charge is 0.358 e. The van der Waals surface area contributed by atoms with E-state index in [-0.39, 0.29) is 0 Å². The van der Waals surface area contributed by atoms with Crippen molar-refractivity contribution < 1.29 is 4.79 Å². The summed E-state index contributed by atoms with van der Waals surface area (Å²) in [6.45, 7) is 4.15. The molecular formula is C13H13NO. The highest BCUT2D eigenvalue weighted by Gasteiger charge is 2.04. The first-order chi connectivity index (χ1) is 7.20. The fraction of sp³-hybridized carbons (Fsp3) is 0.154. The number of hydrogen-bond donors (Lipinski definition) is 1. The number of aromatic nitrogens is 1. The number of rotatable bonds is 2. The van der Waals surface area contributed by atoms with Crippen molar-refractivity contribution in [1.82, 2.24) is 4.98 Å². The molecule has 1 aromatic heterocycles. The van der Waals surface area contributed by atoms with E-state index in [0.717, 1.165) is 11.8 Å². The van der Waals surface area contributed by atoms with Crippen LogP contribution in [-0.4, -0.2) is 11.3 Å². The lowest BCUT2D eigenvalue weighted by Crippen LogP contribution is -1.82. The summed E-state index contributed by atoms with van der Waals surface area (Å²) in [5.41, 5.74) is 5.33. The lowest BCUT2D eigenvalue weighted by molar-refractivity contribution is 0.111. The predicted octanol–water partition coefficient (Wildman–Crippen LogP) is 3.11. The lowest BCUT2D eigenvalue weighted by atomic mass is 10.0. The van der Waals surface area contributed by atoms with Crippen molar-refractivity contribution in [2.24, 2.45) is 0 Å². The van der Waals surface area contributed by atoms with Crippen molar-refractivity contribution in [3.05, 3.63) is 47.3 Å². The molecule has 76 valence electrons. The van der Waals surface area contributed by atoms with E-state index in [1.807, 2.05) is 12.3 Å². The van der Waals surface area contributed by atoms with Gasteiger partial charge in [-0.05, 0) is 31.0 Å². The van der Waals surface area contributed by atoms with Crippen molar-refractivity contribution in [2.75, 3.05) is 0 Å². The third-order valence-electron chi connectivity index (χ3n) is 2.53. The first-order valence-corrected chi connectivity index (χ1v) is 4.92. The third kappa shape index (κ3) is 1.84. The maximum absolute atomic E-state index is 10.6. The summed E-state index contributed by atoms with van der Waals surface area (Å²) in [5.74, 6) is 0. The molecule has 0 aliphatic carbocycles. The van der Waals surface area contributed by atoms with Crippen LogP contribution in [0.25, 0.3) is 11.1 Å². The minimum absolute atomic E-state index is 0.616. The van der Waals surface area contributed by atoms with Crippen LogP contribution < -0.4 is 0 Å². The van der Waals surface area contributed by atoms with Gasteiger partial charge in [-0.3, -0.25) is 4.79 Å². The normalized spacial score (nSPS) is 10.3. The third-order valence-corrected chi connectivity index (χ3v) is 2.53. The molecule has 0 radical (unpaired) electrons. The first kappa shape index (κ1) is 9.71. The number of hydrogen-bond acceptors (Lipinski definition) is 1. The van der Waals surface area contributed by atoms with Crippen molar-refractivity contribution in [2.45, 2.75) is 13.8 Å². The van der Waals surface area contributed by atoms with E-state index in [0.29, 0.717) is 5.69 Å². The van der Waals surface area contributed by atoms with Crippen LogP contribution in [0.3, 0.4) is 0 Å². The first-order valence-electron chi connectivity index (χ1n) is 4.92. The van der Waals surface area contributed by atoms with Crippen LogP contribution in [0.5, 0.6) is 0 Å². The van der Waals surface area contributed by atoms with Crippen LogP contribution >= 0.6 is 0 Å². The van der Waals surface area contributed by atoms with E-state index in [9.17, 15) is 4.79 Å². The molecule has 1 heterocycles. The second kappa shape index (κ2) is 3.73. The van der Waals surface area contributed by atoms with Crippen LogP contribution in [0, 0.1) is 13.8 Å². The Hall–Kier alpha value is -1.83. The summed E-state index contributed by atoms with van der Waals surface area (Å²) in [7, 11) is 0. The number of nitrogens with one attached hydrogen (secondary N) is 1. The highest BCUT2D eigenvalue weighted by Crippen LogP contribution is 2.24. The van der Waals surface area contributed by atoms with E-state index < -0.39 is 0 Å². The van der Waals surface area contributed by atoms with Crippen molar-refractivity contribution >= 4 is 6.29 Å². The Labute approximate surface area is 89.0 Å². The minimum atomic E-state index is 0.616. The predicted molar refractivity (Wildman–Crippen MR) is 61.1 cm³/mol. The minimum Gasteiger partial charge on any atom is -0.358 e. The van der Waals surface area contributed by atoms with Gasteiger partial charge in [0.2, 0.25) is 0 Å². The van der Waals surface area contributed by atoms with Crippen molar-refractivity contribution in [3.63, 3.8) is 0 Å². The SMILES string of the molecule is Cc1ccc(-c2c[nH]c(C=O)c2)c(C)c1. The Balaban J connectivity index is 2.49. The number of aryl methyl sites for hydroxylation is 2. The van der Waals surface area contributed by atoms with Gasteiger partial charge in [0.25, 0.3) is 0 Å². The molecule has 1 N–H and O–H groups in total. The number of aldehydes is 1. The van der Waals surface area contributed by atoms with Gasteiger partial charge in [-0.15, -0.1) is 0 Å². The molecule has 0 atom stereocenters. The molecule has 0 amide bonds. The molecule has 0 bridgehead atoms. The van der Waals surface area contributed by atoms with Gasteiger partial charge in [0, 0.05) is 11.8 Å². The standard InChI is InChI=1S/C13H13NO/c1-9-3-4-13(10(2)5-9)11-6-12(8-15)14-7-11/h3-8,14H,1-2H3. The highest BCUT2D eigenvalue weighted by molar-refractivity contribution is 5.78. The summed E-state index contributed by atoms with van der Waals surface area (Å²) in [6, 6.07) is 8.17. The number of carbonyl (C=O) groups excluding carboxylic acids is 1. The van der Waals surface area contributed by atoms with Crippen LogP contribution in [-0.2, 0) is 0 Å². The van der Waals surface area contributed by atoms with Gasteiger partial charge in [0.15, 0.2) is 6.29 Å². The van der Waals surface area contributed by atoms with Gasteiger partial charge in [0.1, 0.15) is 0 Å². The number of benzene rings is 1. The second-order valence-electron chi connectivity index (χ2n) is 3.78. The van der Waals surface area contributed by atoms with Crippen LogP contribution in [0.15, 0.2) is 30.5 Å². The molecular weight excluding hydrogens is 186 g/mol. The fourth-order valence-corrected chi connectivity index (χ4v) is 1.77. The number of carbonyl (C=O) groups is 1. The molecule has 2 aromatic rings. The smallest absolute Gasteiger partial charge is 0.166 e. The molecule has 0 saturated heterocycles. The van der Waals surface area contributed by atoms with E-state index in [1.165, 1.54) is 16.7 Å². The fourth-order valence-electron chi connectivity index (χ4n) is 1.77. The van der Waals surface area contributed by atoms with Gasteiger partial charge < -0.3 is 4.98 Å². The zero-order chi connectivity index (χ0) is 10.8. The Morgan fingerprint density at radius 1 is 1.20 bits per heavy atom. The molecule has 1 aromatic carbocycles. The maximum atomic E-state index is 10.6. The van der Waals surface area contributed by atoms with Crippen LogP contribution in [0.1, 0.15) is 21.6 Å². The molecule has 0 aliphatic heterocycles. The zero-order valence-electron chi connectivity index (χ0n) is 8.87. The lowest BCUT2D eigenvalue weighted by Gasteiger charge is -2.03. The van der Waals surface area contributed by atoms with Gasteiger partial charge in [-0.2, -0.15) is 0 Å². The Morgan fingerprint density at radius 2 is 2.00 bits per heavy atom. The summed E-state index contributed by atoms with van der Waals surface area (Å²) in [5, 5.41) is 0. The monoisotopic (exact) mass is 199 g/mol. The quantitative estimate of drug-likeness (QED) is 0.740. The topological polar surface area (TPSA) is 32.9 Å². The molecule has 0 spiro atoms. The molecule has 2 rings (SSSR count). The van der Waals surface area contributed by atoms with Crippen LogP contribution in [0.2, 0.25) is 0 Å². The van der Waals surface area contributed by atoms with E-state index in [2.05, 4.69) is 37.0 Å². The Bertz CT molecular complexity index is 497. The average molecular weight is 199 g/mol. The molecule has 0 fully saturated rings. The maximum Gasteiger partial charge on any atom is 0.166 e. The van der Waals surface area contributed by atoms with Crippen LogP contribution in [0.4, 0.5) is 0 Å². The van der Waals surface area contributed by atoms with E-state index in [4.69, 9.17) is 0 Å². The van der Waals surface area contributed by atoms with E-state index in [1.54, 1.807) is 0 Å². The molecule has 15 heavy (non-hydrogen) atoms. The number of H-pyrrole nitrogens is 1. The number of aromatic amines is 1. The summed E-state index contributed by atoms with van der Waals surface area (Å²) >= 11 is 0. The molecule has 0 unspecified atom stereocenters. The molecule has 2 heteroatoms. The summed E-state index contributed by atoms with van der Waals surface area (Å²) in [4.78, 5) is 13.5. The van der Waals surface area contributed by atoms with Gasteiger partial charge in [0.05, 0.1) is 5.69 Å². The van der Waals surface area contributed by atoms with Crippen molar-refractivity contribution in [3.8, 4) is 11.1 Å². The molecule has 0 saturated carbocycles. The summed E-state index contributed by atoms with van der Waals surface area (Å²) in [6.07, 6.45) is 2.69. The van der Waals surface area contributed by atoms with E-state index >= 15 is 0 Å². The summed E-state index contributed by atoms with van der Waals surface area (Å²) < 4.78 is 0.